The Labute approximate surface area is 141 Å². The van der Waals surface area contributed by atoms with Crippen molar-refractivity contribution in [2.75, 3.05) is 24.6 Å². The number of amides is 1. The third-order valence-corrected chi connectivity index (χ3v) is 5.20. The van der Waals surface area contributed by atoms with Crippen LogP contribution in [0.1, 0.15) is 31.2 Å². The molecule has 6 heteroatoms. The van der Waals surface area contributed by atoms with E-state index in [1.807, 2.05) is 6.07 Å². The van der Waals surface area contributed by atoms with Gasteiger partial charge < -0.3 is 15.4 Å². The number of carbonyl (C=O) groups excluding carboxylic acids is 1. The Morgan fingerprint density at radius 2 is 2.12 bits per heavy atom. The van der Waals surface area contributed by atoms with E-state index in [2.05, 4.69) is 4.90 Å². The molecule has 2 atom stereocenters. The second-order valence-corrected chi connectivity index (χ2v) is 6.62. The molecule has 0 aliphatic carbocycles. The van der Waals surface area contributed by atoms with Crippen molar-refractivity contribution in [1.82, 2.24) is 0 Å². The van der Waals surface area contributed by atoms with Crippen LogP contribution >= 0.6 is 0 Å². The number of hydrogen-bond acceptors (Lipinski definition) is 4. The second kappa shape index (κ2) is 7.18. The summed E-state index contributed by atoms with van der Waals surface area (Å²) in [4.78, 5) is 13.5. The van der Waals surface area contributed by atoms with Crippen LogP contribution in [0.3, 0.4) is 0 Å². The molecule has 0 radical (unpaired) electrons. The molecule has 0 spiro atoms. The minimum Gasteiger partial charge on any atom is -0.377 e. The molecule has 3 rings (SSSR count). The number of benzene rings is 1. The monoisotopic (exact) mass is 331 g/mol. The molecule has 1 aromatic rings. The third kappa shape index (κ3) is 3.36. The SMILES string of the molecule is N#Cc1c(F)cccc1N1CCC(C[C@H]2OCC[C@H]2C(N)=O)CC1. The van der Waals surface area contributed by atoms with Gasteiger partial charge in [-0.1, -0.05) is 6.07 Å². The molecule has 0 aromatic heterocycles. The lowest BCUT2D eigenvalue weighted by Gasteiger charge is -2.35. The summed E-state index contributed by atoms with van der Waals surface area (Å²) in [5, 5.41) is 9.18. The van der Waals surface area contributed by atoms with Crippen molar-refractivity contribution in [2.24, 2.45) is 17.6 Å². The molecule has 0 bridgehead atoms. The summed E-state index contributed by atoms with van der Waals surface area (Å²) in [5.74, 6) is -0.448. The highest BCUT2D eigenvalue weighted by atomic mass is 19.1. The summed E-state index contributed by atoms with van der Waals surface area (Å²) >= 11 is 0. The lowest BCUT2D eigenvalue weighted by Crippen LogP contribution is -2.37. The first-order valence-electron chi connectivity index (χ1n) is 8.44. The molecule has 0 unspecified atom stereocenters. The fourth-order valence-corrected chi connectivity index (χ4v) is 3.83. The van der Waals surface area contributed by atoms with Crippen LogP contribution in [0, 0.1) is 29.0 Å². The van der Waals surface area contributed by atoms with Crippen LogP contribution in [-0.4, -0.2) is 31.7 Å². The number of piperidine rings is 1. The van der Waals surface area contributed by atoms with Crippen LogP contribution in [0.5, 0.6) is 0 Å². The number of primary amides is 1. The summed E-state index contributed by atoms with van der Waals surface area (Å²) in [6, 6.07) is 6.71. The number of carbonyl (C=O) groups is 1. The van der Waals surface area contributed by atoms with Crippen LogP contribution in [0.15, 0.2) is 18.2 Å². The first kappa shape index (κ1) is 16.7. The van der Waals surface area contributed by atoms with Crippen molar-refractivity contribution in [3.8, 4) is 6.07 Å². The Morgan fingerprint density at radius 3 is 2.79 bits per heavy atom. The third-order valence-electron chi connectivity index (χ3n) is 5.20. The molecule has 0 saturated carbocycles. The van der Waals surface area contributed by atoms with Gasteiger partial charge in [0.15, 0.2) is 0 Å². The van der Waals surface area contributed by atoms with Gasteiger partial charge in [-0.15, -0.1) is 0 Å². The first-order valence-corrected chi connectivity index (χ1v) is 8.44. The van der Waals surface area contributed by atoms with Crippen molar-refractivity contribution < 1.29 is 13.9 Å². The summed E-state index contributed by atoms with van der Waals surface area (Å²) < 4.78 is 19.4. The zero-order valence-electron chi connectivity index (χ0n) is 13.6. The van der Waals surface area contributed by atoms with Gasteiger partial charge >= 0.3 is 0 Å². The van der Waals surface area contributed by atoms with Crippen LogP contribution in [0.25, 0.3) is 0 Å². The molecule has 2 fully saturated rings. The minimum atomic E-state index is -0.472. The lowest BCUT2D eigenvalue weighted by molar-refractivity contribution is -0.123. The fraction of sp³-hybridized carbons (Fsp3) is 0.556. The highest BCUT2D eigenvalue weighted by molar-refractivity contribution is 5.77. The van der Waals surface area contributed by atoms with Gasteiger partial charge in [-0.25, -0.2) is 4.39 Å². The quantitative estimate of drug-likeness (QED) is 0.917. The van der Waals surface area contributed by atoms with E-state index in [0.29, 0.717) is 24.6 Å². The van der Waals surface area contributed by atoms with Gasteiger partial charge in [0.2, 0.25) is 5.91 Å². The molecule has 1 aromatic carbocycles. The number of nitriles is 1. The van der Waals surface area contributed by atoms with E-state index in [4.69, 9.17) is 10.5 Å². The molecule has 1 amide bonds. The molecule has 2 N–H and O–H groups in total. The maximum absolute atomic E-state index is 13.8. The Bertz CT molecular complexity index is 650. The number of nitrogens with zero attached hydrogens (tertiary/aromatic N) is 2. The van der Waals surface area contributed by atoms with Gasteiger partial charge in [0, 0.05) is 19.7 Å². The second-order valence-electron chi connectivity index (χ2n) is 6.62. The molecule has 2 aliphatic heterocycles. The standard InChI is InChI=1S/C18H22FN3O2/c19-15-2-1-3-16(14(15)11-20)22-7-4-12(5-8-22)10-17-13(18(21)23)6-9-24-17/h1-3,12-13,17H,4-10H2,(H2,21,23)/t13-,17-/m1/s1. The van der Waals surface area contributed by atoms with Crippen molar-refractivity contribution in [3.63, 3.8) is 0 Å². The normalized spacial score (nSPS) is 24.8. The molecule has 2 aliphatic rings. The molecule has 5 nitrogen and oxygen atoms in total. The van der Waals surface area contributed by atoms with Gasteiger partial charge in [-0.3, -0.25) is 4.79 Å². The van der Waals surface area contributed by atoms with Gasteiger partial charge in [-0.05, 0) is 43.7 Å². The molecular weight excluding hydrogens is 309 g/mol. The van der Waals surface area contributed by atoms with E-state index in [1.54, 1.807) is 12.1 Å². The summed E-state index contributed by atoms with van der Waals surface area (Å²) in [7, 11) is 0. The van der Waals surface area contributed by atoms with Crippen LogP contribution in [0.2, 0.25) is 0 Å². The van der Waals surface area contributed by atoms with E-state index < -0.39 is 5.82 Å². The van der Waals surface area contributed by atoms with Gasteiger partial charge in [0.05, 0.1) is 17.7 Å². The fourth-order valence-electron chi connectivity index (χ4n) is 3.83. The Kier molecular flexibility index (Phi) is 5.00. The highest BCUT2D eigenvalue weighted by Gasteiger charge is 2.35. The number of nitrogens with two attached hydrogens (primary N) is 1. The maximum Gasteiger partial charge on any atom is 0.223 e. The van der Waals surface area contributed by atoms with Crippen molar-refractivity contribution in [3.05, 3.63) is 29.6 Å². The predicted molar refractivity (Wildman–Crippen MR) is 87.7 cm³/mol. The van der Waals surface area contributed by atoms with Crippen molar-refractivity contribution in [1.29, 1.82) is 5.26 Å². The first-order chi connectivity index (χ1) is 11.6. The average Bonchev–Trinajstić information content (AvgIpc) is 3.04. The number of halogens is 1. The largest absolute Gasteiger partial charge is 0.377 e. The maximum atomic E-state index is 13.8. The van der Waals surface area contributed by atoms with Crippen LogP contribution in [-0.2, 0) is 9.53 Å². The minimum absolute atomic E-state index is 0.0668. The molecule has 2 saturated heterocycles. The molecule has 24 heavy (non-hydrogen) atoms. The van der Waals surface area contributed by atoms with Crippen molar-refractivity contribution >= 4 is 11.6 Å². The summed E-state index contributed by atoms with van der Waals surface area (Å²) in [6.07, 6.45) is 3.37. The summed E-state index contributed by atoms with van der Waals surface area (Å²) in [5.41, 5.74) is 6.23. The smallest absolute Gasteiger partial charge is 0.223 e. The number of anilines is 1. The summed E-state index contributed by atoms with van der Waals surface area (Å²) in [6.45, 7) is 2.15. The Morgan fingerprint density at radius 1 is 1.38 bits per heavy atom. The van der Waals surface area contributed by atoms with Gasteiger partial charge in [-0.2, -0.15) is 5.26 Å². The van der Waals surface area contributed by atoms with E-state index in [0.717, 1.165) is 32.4 Å². The number of hydrogen-bond donors (Lipinski definition) is 1. The van der Waals surface area contributed by atoms with E-state index in [9.17, 15) is 14.4 Å². The van der Waals surface area contributed by atoms with Gasteiger partial charge in [0.25, 0.3) is 0 Å². The molecule has 128 valence electrons. The lowest BCUT2D eigenvalue weighted by atomic mass is 9.86. The average molecular weight is 331 g/mol. The Balaban J connectivity index is 1.60. The topological polar surface area (TPSA) is 79.3 Å². The van der Waals surface area contributed by atoms with Crippen molar-refractivity contribution in [2.45, 2.75) is 31.8 Å². The van der Waals surface area contributed by atoms with E-state index >= 15 is 0 Å². The number of ether oxygens (including phenoxy) is 1. The zero-order valence-corrected chi connectivity index (χ0v) is 13.6. The zero-order chi connectivity index (χ0) is 17.1. The highest BCUT2D eigenvalue weighted by Crippen LogP contribution is 2.33. The Hall–Kier alpha value is -2.13. The molecule has 2 heterocycles. The predicted octanol–water partition coefficient (Wildman–Crippen LogP) is 2.19. The van der Waals surface area contributed by atoms with E-state index in [-0.39, 0.29) is 23.5 Å². The van der Waals surface area contributed by atoms with Gasteiger partial charge in [0.1, 0.15) is 17.4 Å². The molecular formula is C18H22FN3O2. The van der Waals surface area contributed by atoms with E-state index in [1.165, 1.54) is 6.07 Å². The van der Waals surface area contributed by atoms with Crippen LogP contribution < -0.4 is 10.6 Å². The number of rotatable bonds is 4. The van der Waals surface area contributed by atoms with Crippen LogP contribution in [0.4, 0.5) is 10.1 Å².